The van der Waals surface area contributed by atoms with Gasteiger partial charge < -0.3 is 0 Å². The molecule has 0 N–H and O–H groups in total. The van der Waals surface area contributed by atoms with Crippen LogP contribution in [0.25, 0.3) is 0 Å². The van der Waals surface area contributed by atoms with Crippen molar-refractivity contribution in [2.45, 2.75) is 39.2 Å². The van der Waals surface area contributed by atoms with Gasteiger partial charge in [0.2, 0.25) is 0 Å². The van der Waals surface area contributed by atoms with Gasteiger partial charge in [-0.3, -0.25) is 4.90 Å². The lowest BCUT2D eigenvalue weighted by molar-refractivity contribution is 0.123. The average molecular weight is 190 g/mol. The summed E-state index contributed by atoms with van der Waals surface area (Å²) in [6.45, 7) is 6.95. The average Bonchev–Trinajstić information content (AvgIpc) is 2.09. The smallest absolute Gasteiger partial charge is 0.0351 e. The summed E-state index contributed by atoms with van der Waals surface area (Å²) < 4.78 is 0. The molecule has 0 aromatic heterocycles. The van der Waals surface area contributed by atoms with Gasteiger partial charge in [-0.05, 0) is 25.7 Å². The van der Waals surface area contributed by atoms with Crippen LogP contribution in [0.15, 0.2) is 0 Å². The Labute approximate surface area is 81.1 Å². The molecule has 0 saturated carbocycles. The zero-order valence-corrected chi connectivity index (χ0v) is 8.98. The van der Waals surface area contributed by atoms with Crippen LogP contribution in [0.5, 0.6) is 0 Å². The highest BCUT2D eigenvalue weighted by Crippen LogP contribution is 2.23. The summed E-state index contributed by atoms with van der Waals surface area (Å²) in [7, 11) is 0. The number of likely N-dealkylation sites (tertiary alicyclic amines) is 1. The molecule has 2 heteroatoms. The van der Waals surface area contributed by atoms with Crippen molar-refractivity contribution in [1.29, 1.82) is 0 Å². The highest BCUT2D eigenvalue weighted by molar-refractivity contribution is 6.18. The van der Waals surface area contributed by atoms with E-state index < -0.39 is 0 Å². The minimum Gasteiger partial charge on any atom is -0.299 e. The number of alkyl halides is 1. The van der Waals surface area contributed by atoms with Crippen LogP contribution in [0.1, 0.15) is 33.1 Å². The molecule has 0 aliphatic carbocycles. The molecule has 2 atom stereocenters. The number of rotatable bonds is 3. The van der Waals surface area contributed by atoms with Crippen LogP contribution < -0.4 is 0 Å². The third-order valence-corrected chi connectivity index (χ3v) is 3.23. The summed E-state index contributed by atoms with van der Waals surface area (Å²) in [6.07, 6.45) is 4.09. The fourth-order valence-electron chi connectivity index (χ4n) is 2.02. The number of halogens is 1. The zero-order valence-electron chi connectivity index (χ0n) is 8.22. The van der Waals surface area contributed by atoms with Gasteiger partial charge in [-0.25, -0.2) is 0 Å². The first-order valence-corrected chi connectivity index (χ1v) is 5.61. The van der Waals surface area contributed by atoms with Gasteiger partial charge in [-0.1, -0.05) is 13.3 Å². The predicted octanol–water partition coefficient (Wildman–Crippen LogP) is 2.74. The topological polar surface area (TPSA) is 3.24 Å². The molecule has 0 amide bonds. The molecule has 1 heterocycles. The van der Waals surface area contributed by atoms with Crippen molar-refractivity contribution in [3.8, 4) is 0 Å². The standard InChI is InChI=1S/C10H20ClN/c1-3-10-5-4-9(2)12(8-10)7-6-11/h9-10H,3-8H2,1-2H3/t9-,10-/m1/s1. The molecule has 0 bridgehead atoms. The second-order valence-electron chi connectivity index (χ2n) is 3.88. The Morgan fingerprint density at radius 3 is 2.75 bits per heavy atom. The van der Waals surface area contributed by atoms with Gasteiger partial charge in [0.1, 0.15) is 0 Å². The number of piperidine rings is 1. The van der Waals surface area contributed by atoms with Gasteiger partial charge >= 0.3 is 0 Å². The van der Waals surface area contributed by atoms with Crippen LogP contribution in [0, 0.1) is 5.92 Å². The van der Waals surface area contributed by atoms with Crippen LogP contribution in [-0.2, 0) is 0 Å². The summed E-state index contributed by atoms with van der Waals surface area (Å²) in [6, 6.07) is 0.756. The molecule has 1 aliphatic rings. The van der Waals surface area contributed by atoms with E-state index in [0.717, 1.165) is 24.4 Å². The quantitative estimate of drug-likeness (QED) is 0.618. The molecule has 1 nitrogen and oxygen atoms in total. The highest BCUT2D eigenvalue weighted by atomic mass is 35.5. The van der Waals surface area contributed by atoms with E-state index >= 15 is 0 Å². The summed E-state index contributed by atoms with van der Waals surface area (Å²) in [4.78, 5) is 2.53. The third-order valence-electron chi connectivity index (χ3n) is 3.06. The van der Waals surface area contributed by atoms with Gasteiger partial charge in [0.15, 0.2) is 0 Å². The van der Waals surface area contributed by atoms with Crippen molar-refractivity contribution in [1.82, 2.24) is 4.90 Å². The maximum absolute atomic E-state index is 5.75. The van der Waals surface area contributed by atoms with Gasteiger partial charge in [0.05, 0.1) is 0 Å². The molecule has 1 saturated heterocycles. The van der Waals surface area contributed by atoms with E-state index in [1.165, 1.54) is 25.8 Å². The first-order chi connectivity index (χ1) is 5.77. The van der Waals surface area contributed by atoms with Crippen LogP contribution in [0.4, 0.5) is 0 Å². The fourth-order valence-corrected chi connectivity index (χ4v) is 2.23. The van der Waals surface area contributed by atoms with E-state index in [0.29, 0.717) is 0 Å². The molecule has 1 fully saturated rings. The van der Waals surface area contributed by atoms with Crippen molar-refractivity contribution in [2.75, 3.05) is 19.0 Å². The van der Waals surface area contributed by atoms with Gasteiger partial charge in [0, 0.05) is 25.0 Å². The molecule has 0 unspecified atom stereocenters. The maximum atomic E-state index is 5.75. The van der Waals surface area contributed by atoms with Crippen LogP contribution in [-0.4, -0.2) is 29.9 Å². The van der Waals surface area contributed by atoms with Crippen LogP contribution in [0.3, 0.4) is 0 Å². The largest absolute Gasteiger partial charge is 0.299 e. The Morgan fingerprint density at radius 1 is 1.42 bits per heavy atom. The summed E-state index contributed by atoms with van der Waals surface area (Å²) >= 11 is 5.75. The fraction of sp³-hybridized carbons (Fsp3) is 1.00. The SMILES string of the molecule is CC[C@@H]1CC[C@@H](C)N(CCCl)C1. The Morgan fingerprint density at radius 2 is 2.17 bits per heavy atom. The molecular weight excluding hydrogens is 170 g/mol. The second-order valence-corrected chi connectivity index (χ2v) is 4.26. The van der Waals surface area contributed by atoms with E-state index in [-0.39, 0.29) is 0 Å². The predicted molar refractivity (Wildman–Crippen MR) is 54.8 cm³/mol. The molecule has 1 aliphatic heterocycles. The summed E-state index contributed by atoms with van der Waals surface area (Å²) in [5, 5.41) is 0. The molecule has 0 aromatic rings. The van der Waals surface area contributed by atoms with E-state index in [9.17, 15) is 0 Å². The number of hydrogen-bond donors (Lipinski definition) is 0. The number of nitrogens with zero attached hydrogens (tertiary/aromatic N) is 1. The lowest BCUT2D eigenvalue weighted by Gasteiger charge is -2.37. The molecular formula is C10H20ClN. The molecule has 0 spiro atoms. The van der Waals surface area contributed by atoms with Crippen molar-refractivity contribution >= 4 is 11.6 Å². The van der Waals surface area contributed by atoms with Crippen molar-refractivity contribution in [2.24, 2.45) is 5.92 Å². The summed E-state index contributed by atoms with van der Waals surface area (Å²) in [5.74, 6) is 1.70. The first kappa shape index (κ1) is 10.3. The zero-order chi connectivity index (χ0) is 8.97. The van der Waals surface area contributed by atoms with Crippen molar-refractivity contribution < 1.29 is 0 Å². The molecule has 12 heavy (non-hydrogen) atoms. The number of hydrogen-bond acceptors (Lipinski definition) is 1. The first-order valence-electron chi connectivity index (χ1n) is 5.08. The third kappa shape index (κ3) is 2.63. The molecule has 72 valence electrons. The lowest BCUT2D eigenvalue weighted by Crippen LogP contribution is -2.42. The van der Waals surface area contributed by atoms with Gasteiger partial charge in [-0.2, -0.15) is 0 Å². The second kappa shape index (κ2) is 5.08. The van der Waals surface area contributed by atoms with Gasteiger partial charge in [-0.15, -0.1) is 11.6 Å². The molecule has 0 radical (unpaired) electrons. The van der Waals surface area contributed by atoms with Gasteiger partial charge in [0.25, 0.3) is 0 Å². The highest BCUT2D eigenvalue weighted by Gasteiger charge is 2.23. The van der Waals surface area contributed by atoms with E-state index in [2.05, 4.69) is 18.7 Å². The molecule has 0 aromatic carbocycles. The minimum atomic E-state index is 0.756. The van der Waals surface area contributed by atoms with E-state index in [4.69, 9.17) is 11.6 Å². The Balaban J connectivity index is 2.36. The van der Waals surface area contributed by atoms with Crippen LogP contribution in [0.2, 0.25) is 0 Å². The van der Waals surface area contributed by atoms with E-state index in [1.54, 1.807) is 0 Å². The van der Waals surface area contributed by atoms with Crippen molar-refractivity contribution in [3.63, 3.8) is 0 Å². The maximum Gasteiger partial charge on any atom is 0.0351 e. The summed E-state index contributed by atoms with van der Waals surface area (Å²) in [5.41, 5.74) is 0. The Kier molecular flexibility index (Phi) is 4.38. The lowest BCUT2D eigenvalue weighted by atomic mass is 9.92. The van der Waals surface area contributed by atoms with Crippen LogP contribution >= 0.6 is 11.6 Å². The van der Waals surface area contributed by atoms with Crippen molar-refractivity contribution in [3.05, 3.63) is 0 Å². The normalized spacial score (nSPS) is 32.2. The Bertz CT molecular complexity index is 127. The Hall–Kier alpha value is 0.250. The van der Waals surface area contributed by atoms with E-state index in [1.807, 2.05) is 0 Å². The monoisotopic (exact) mass is 189 g/mol. The molecule has 1 rings (SSSR count). The minimum absolute atomic E-state index is 0.756.